The Balaban J connectivity index is 2.25. The first-order valence-corrected chi connectivity index (χ1v) is 8.85. The van der Waals surface area contributed by atoms with Crippen molar-refractivity contribution in [3.8, 4) is 0 Å². The van der Waals surface area contributed by atoms with Gasteiger partial charge in [0.15, 0.2) is 0 Å². The third kappa shape index (κ3) is 4.42. The van der Waals surface area contributed by atoms with Crippen LogP contribution in [-0.2, 0) is 9.53 Å². The topological polar surface area (TPSA) is 67.4 Å². The molecule has 0 fully saturated rings. The molecular formula is C16H19ClN2O3S. The Morgan fingerprint density at radius 3 is 2.83 bits per heavy atom. The van der Waals surface area contributed by atoms with E-state index in [0.29, 0.717) is 28.5 Å². The highest BCUT2D eigenvalue weighted by atomic mass is 35.5. The van der Waals surface area contributed by atoms with Crippen molar-refractivity contribution in [2.45, 2.75) is 19.9 Å². The molecule has 1 atom stereocenters. The van der Waals surface area contributed by atoms with Gasteiger partial charge in [-0.25, -0.2) is 9.59 Å². The molecule has 0 unspecified atom stereocenters. The number of allylic oxidation sites excluding steroid dienone is 1. The quantitative estimate of drug-likeness (QED) is 0.607. The highest BCUT2D eigenvalue weighted by Gasteiger charge is 2.33. The van der Waals surface area contributed by atoms with Gasteiger partial charge in [0, 0.05) is 16.5 Å². The highest BCUT2D eigenvalue weighted by Crippen LogP contribution is 2.31. The van der Waals surface area contributed by atoms with Gasteiger partial charge in [0.2, 0.25) is 0 Å². The van der Waals surface area contributed by atoms with Crippen molar-refractivity contribution in [1.82, 2.24) is 10.6 Å². The van der Waals surface area contributed by atoms with Crippen LogP contribution >= 0.6 is 23.4 Å². The van der Waals surface area contributed by atoms with Crippen molar-refractivity contribution in [3.05, 3.63) is 46.1 Å². The maximum atomic E-state index is 12.4. The number of hydrogen-bond donors (Lipinski definition) is 2. The third-order valence-corrected chi connectivity index (χ3v) is 4.58. The van der Waals surface area contributed by atoms with E-state index in [1.807, 2.05) is 13.0 Å². The summed E-state index contributed by atoms with van der Waals surface area (Å²) < 4.78 is 5.33. The Morgan fingerprint density at radius 2 is 2.13 bits per heavy atom. The summed E-state index contributed by atoms with van der Waals surface area (Å²) in [4.78, 5) is 24.2. The molecule has 0 saturated carbocycles. The molecule has 0 saturated heterocycles. The number of urea groups is 1. The second-order valence-electron chi connectivity index (χ2n) is 4.92. The van der Waals surface area contributed by atoms with E-state index >= 15 is 0 Å². The molecule has 1 aromatic rings. The Kier molecular flexibility index (Phi) is 6.36. The zero-order valence-electron chi connectivity index (χ0n) is 13.0. The molecule has 1 heterocycles. The molecule has 2 N–H and O–H groups in total. The fourth-order valence-electron chi connectivity index (χ4n) is 2.32. The Morgan fingerprint density at radius 1 is 1.39 bits per heavy atom. The molecule has 1 aliphatic heterocycles. The first kappa shape index (κ1) is 17.7. The van der Waals surface area contributed by atoms with Crippen LogP contribution < -0.4 is 10.6 Å². The monoisotopic (exact) mass is 354 g/mol. The molecule has 7 heteroatoms. The van der Waals surface area contributed by atoms with Crippen LogP contribution in [0.25, 0.3) is 0 Å². The number of ether oxygens (including phenoxy) is 1. The van der Waals surface area contributed by atoms with Crippen molar-refractivity contribution in [1.29, 1.82) is 0 Å². The minimum absolute atomic E-state index is 0.331. The molecule has 2 rings (SSSR count). The van der Waals surface area contributed by atoms with Crippen molar-refractivity contribution >= 4 is 35.4 Å². The molecule has 0 radical (unpaired) electrons. The van der Waals surface area contributed by atoms with Gasteiger partial charge in [0.25, 0.3) is 0 Å². The summed E-state index contributed by atoms with van der Waals surface area (Å²) in [6, 6.07) is 6.12. The maximum absolute atomic E-state index is 12.4. The van der Waals surface area contributed by atoms with Gasteiger partial charge < -0.3 is 15.4 Å². The average Bonchev–Trinajstić information content (AvgIpc) is 2.51. The predicted octanol–water partition coefficient (Wildman–Crippen LogP) is 3.26. The summed E-state index contributed by atoms with van der Waals surface area (Å²) in [5, 5.41) is 5.84. The Hall–Kier alpha value is -1.66. The van der Waals surface area contributed by atoms with Crippen LogP contribution in [0, 0.1) is 0 Å². The predicted molar refractivity (Wildman–Crippen MR) is 92.5 cm³/mol. The number of carbonyl (C=O) groups is 2. The second-order valence-corrected chi connectivity index (χ2v) is 6.73. The van der Waals surface area contributed by atoms with Gasteiger partial charge in [-0.1, -0.05) is 36.7 Å². The lowest BCUT2D eigenvalue weighted by Gasteiger charge is -2.28. The fourth-order valence-corrected chi connectivity index (χ4v) is 3.06. The van der Waals surface area contributed by atoms with E-state index in [4.69, 9.17) is 16.3 Å². The van der Waals surface area contributed by atoms with E-state index in [0.717, 1.165) is 11.5 Å². The molecule has 1 aliphatic rings. The summed E-state index contributed by atoms with van der Waals surface area (Å²) in [6.45, 7) is 4.06. The molecule has 0 aromatic heterocycles. The van der Waals surface area contributed by atoms with Crippen LogP contribution in [0.5, 0.6) is 0 Å². The molecule has 1 aromatic carbocycles. The van der Waals surface area contributed by atoms with Crippen LogP contribution in [-0.4, -0.2) is 30.1 Å². The van der Waals surface area contributed by atoms with Crippen LogP contribution in [0.1, 0.15) is 25.5 Å². The molecule has 5 nitrogen and oxygen atoms in total. The standard InChI is InChI=1S/C16H19ClN2O3S/c1-3-23-9-8-22-15(20)13-10(2)18-16(21)19-14(13)11-6-4-5-7-12(11)17/h4-7,14H,3,8-9H2,1-2H3,(H2,18,19,21)/t14-/m0/s1. The summed E-state index contributed by atoms with van der Waals surface area (Å²) in [5.41, 5.74) is 1.52. The number of esters is 1. The van der Waals surface area contributed by atoms with E-state index in [1.165, 1.54) is 0 Å². The lowest BCUT2D eigenvalue weighted by Crippen LogP contribution is -2.45. The van der Waals surface area contributed by atoms with Crippen LogP contribution in [0.2, 0.25) is 5.02 Å². The van der Waals surface area contributed by atoms with Gasteiger partial charge in [-0.05, 0) is 24.3 Å². The second kappa shape index (κ2) is 8.26. The third-order valence-electron chi connectivity index (χ3n) is 3.37. The summed E-state index contributed by atoms with van der Waals surface area (Å²) >= 11 is 7.92. The number of hydrogen-bond acceptors (Lipinski definition) is 4. The van der Waals surface area contributed by atoms with E-state index in [1.54, 1.807) is 36.9 Å². The lowest BCUT2D eigenvalue weighted by molar-refractivity contribution is -0.138. The number of thioether (sulfide) groups is 1. The van der Waals surface area contributed by atoms with Crippen LogP contribution in [0.4, 0.5) is 4.79 Å². The molecular weight excluding hydrogens is 336 g/mol. The van der Waals surface area contributed by atoms with Crippen molar-refractivity contribution in [2.24, 2.45) is 0 Å². The largest absolute Gasteiger partial charge is 0.461 e. The number of benzene rings is 1. The number of rotatable bonds is 6. The van der Waals surface area contributed by atoms with E-state index in [9.17, 15) is 9.59 Å². The van der Waals surface area contributed by atoms with Gasteiger partial charge in [-0.2, -0.15) is 11.8 Å². The number of nitrogens with one attached hydrogen (secondary N) is 2. The van der Waals surface area contributed by atoms with Crippen LogP contribution in [0.3, 0.4) is 0 Å². The highest BCUT2D eigenvalue weighted by molar-refractivity contribution is 7.99. The van der Waals surface area contributed by atoms with Crippen LogP contribution in [0.15, 0.2) is 35.5 Å². The first-order valence-electron chi connectivity index (χ1n) is 7.32. The van der Waals surface area contributed by atoms with Crippen molar-refractivity contribution in [3.63, 3.8) is 0 Å². The zero-order valence-corrected chi connectivity index (χ0v) is 14.6. The van der Waals surface area contributed by atoms with Gasteiger partial charge in [-0.3, -0.25) is 0 Å². The summed E-state index contributed by atoms with van der Waals surface area (Å²) in [6.07, 6.45) is 0. The minimum Gasteiger partial charge on any atom is -0.461 e. The Bertz CT molecular complexity index is 634. The van der Waals surface area contributed by atoms with E-state index in [2.05, 4.69) is 10.6 Å². The van der Waals surface area contributed by atoms with E-state index < -0.39 is 12.0 Å². The average molecular weight is 355 g/mol. The summed E-state index contributed by atoms with van der Waals surface area (Å²) in [7, 11) is 0. The summed E-state index contributed by atoms with van der Waals surface area (Å²) in [5.74, 6) is 1.26. The van der Waals surface area contributed by atoms with Gasteiger partial charge in [0.1, 0.15) is 6.61 Å². The molecule has 0 spiro atoms. The zero-order chi connectivity index (χ0) is 16.8. The Labute approximate surface area is 144 Å². The minimum atomic E-state index is -0.622. The fraction of sp³-hybridized carbons (Fsp3) is 0.375. The van der Waals surface area contributed by atoms with Gasteiger partial charge >= 0.3 is 12.0 Å². The van der Waals surface area contributed by atoms with Gasteiger partial charge in [-0.15, -0.1) is 0 Å². The number of carbonyl (C=O) groups excluding carboxylic acids is 2. The van der Waals surface area contributed by atoms with Crippen molar-refractivity contribution in [2.75, 3.05) is 18.1 Å². The molecule has 0 bridgehead atoms. The number of halogens is 1. The molecule has 0 aliphatic carbocycles. The van der Waals surface area contributed by atoms with E-state index in [-0.39, 0.29) is 6.03 Å². The molecule has 2 amide bonds. The van der Waals surface area contributed by atoms with Crippen molar-refractivity contribution < 1.29 is 14.3 Å². The smallest absolute Gasteiger partial charge is 0.338 e. The molecule has 23 heavy (non-hydrogen) atoms. The lowest BCUT2D eigenvalue weighted by atomic mass is 9.95. The first-order chi connectivity index (χ1) is 11.0. The maximum Gasteiger partial charge on any atom is 0.338 e. The molecule has 124 valence electrons. The number of amides is 2. The SMILES string of the molecule is CCSCCOC(=O)C1=C(C)NC(=O)N[C@H]1c1ccccc1Cl. The van der Waals surface area contributed by atoms with Gasteiger partial charge in [0.05, 0.1) is 11.6 Å². The normalized spacial score (nSPS) is 17.5.